The zero-order chi connectivity index (χ0) is 17.9. The molecule has 0 saturated carbocycles. The summed E-state index contributed by atoms with van der Waals surface area (Å²) in [5, 5.41) is 0. The van der Waals surface area contributed by atoms with Crippen molar-refractivity contribution in [2.45, 2.75) is 37.1 Å². The van der Waals surface area contributed by atoms with E-state index in [1.165, 1.54) is 16.7 Å². The molecule has 6 nitrogen and oxygen atoms in total. The second-order valence-electron chi connectivity index (χ2n) is 8.20. The number of benzene rings is 2. The summed E-state index contributed by atoms with van der Waals surface area (Å²) in [6, 6.07) is 8.78. The number of ether oxygens (including phenoxy) is 5. The second-order valence-corrected chi connectivity index (χ2v) is 8.20. The number of hydrogen-bond donors (Lipinski definition) is 0. The van der Waals surface area contributed by atoms with Gasteiger partial charge in [0.1, 0.15) is 6.23 Å². The van der Waals surface area contributed by atoms with Crippen LogP contribution in [-0.2, 0) is 16.6 Å². The van der Waals surface area contributed by atoms with E-state index >= 15 is 0 Å². The third-order valence-corrected chi connectivity index (χ3v) is 7.05. The second kappa shape index (κ2) is 4.51. The van der Waals surface area contributed by atoms with Crippen LogP contribution in [0.3, 0.4) is 0 Å². The molecule has 6 heteroatoms. The van der Waals surface area contributed by atoms with Crippen LogP contribution in [0, 0.1) is 0 Å². The van der Waals surface area contributed by atoms with Gasteiger partial charge in [0.05, 0.1) is 6.10 Å². The molecule has 0 N–H and O–H groups in total. The van der Waals surface area contributed by atoms with E-state index in [-0.39, 0.29) is 30.6 Å². The molecule has 8 rings (SSSR count). The smallest absolute Gasteiger partial charge is 0.231 e. The van der Waals surface area contributed by atoms with Gasteiger partial charge in [-0.1, -0.05) is 13.0 Å². The first-order valence-corrected chi connectivity index (χ1v) is 9.39. The molecule has 5 heterocycles. The van der Waals surface area contributed by atoms with E-state index in [0.29, 0.717) is 6.79 Å². The third-order valence-electron chi connectivity index (χ3n) is 7.05. The normalized spacial score (nSPS) is 33.8. The maximum Gasteiger partial charge on any atom is 0.231 e. The van der Waals surface area contributed by atoms with Crippen LogP contribution < -0.4 is 18.9 Å². The van der Waals surface area contributed by atoms with Crippen molar-refractivity contribution in [2.75, 3.05) is 20.6 Å². The SMILES string of the molecule is CN1C2OC3Cc4cc5c(cc4[C@@H]1[C@@]3(C)c1ccc3c(c12)OCO3)OCO5. The number of nitrogens with zero attached hydrogens (tertiary/aromatic N) is 1. The van der Waals surface area contributed by atoms with Crippen molar-refractivity contribution in [3.05, 3.63) is 46.5 Å². The van der Waals surface area contributed by atoms with Crippen molar-refractivity contribution >= 4 is 0 Å². The van der Waals surface area contributed by atoms with Crippen molar-refractivity contribution in [3.8, 4) is 23.0 Å². The van der Waals surface area contributed by atoms with Gasteiger partial charge in [0.2, 0.25) is 13.6 Å². The predicted octanol–water partition coefficient (Wildman–Crippen LogP) is 3.04. The van der Waals surface area contributed by atoms with Gasteiger partial charge in [-0.25, -0.2) is 0 Å². The Labute approximate surface area is 156 Å². The lowest BCUT2D eigenvalue weighted by Crippen LogP contribution is -2.63. The zero-order valence-electron chi connectivity index (χ0n) is 15.2. The highest BCUT2D eigenvalue weighted by Crippen LogP contribution is 2.64. The molecule has 1 aliphatic carbocycles. The molecule has 4 bridgehead atoms. The Kier molecular flexibility index (Phi) is 2.44. The van der Waals surface area contributed by atoms with E-state index in [9.17, 15) is 0 Å². The van der Waals surface area contributed by atoms with Crippen molar-refractivity contribution in [2.24, 2.45) is 0 Å². The summed E-state index contributed by atoms with van der Waals surface area (Å²) < 4.78 is 29.3. The van der Waals surface area contributed by atoms with Gasteiger partial charge in [0, 0.05) is 23.4 Å². The van der Waals surface area contributed by atoms with Crippen LogP contribution in [0.5, 0.6) is 23.0 Å². The van der Waals surface area contributed by atoms with Gasteiger partial charge in [-0.3, -0.25) is 4.90 Å². The van der Waals surface area contributed by atoms with E-state index < -0.39 is 0 Å². The molecular formula is C21H19NO5. The van der Waals surface area contributed by atoms with Crippen LogP contribution in [0.2, 0.25) is 0 Å². The monoisotopic (exact) mass is 365 g/mol. The molecule has 138 valence electrons. The number of likely N-dealkylation sites (N-methyl/N-ethyl adjacent to an activating group) is 1. The van der Waals surface area contributed by atoms with Gasteiger partial charge in [-0.15, -0.1) is 0 Å². The molecule has 0 amide bonds. The minimum Gasteiger partial charge on any atom is -0.454 e. The van der Waals surface area contributed by atoms with Crippen LogP contribution in [0.25, 0.3) is 0 Å². The van der Waals surface area contributed by atoms with Gasteiger partial charge < -0.3 is 23.7 Å². The van der Waals surface area contributed by atoms with Crippen LogP contribution in [0.15, 0.2) is 24.3 Å². The third kappa shape index (κ3) is 1.53. The fourth-order valence-corrected chi connectivity index (χ4v) is 5.86. The first kappa shape index (κ1) is 14.6. The molecule has 0 radical (unpaired) electrons. The summed E-state index contributed by atoms with van der Waals surface area (Å²) in [6.45, 7) is 2.89. The maximum absolute atomic E-state index is 6.62. The average molecular weight is 365 g/mol. The van der Waals surface area contributed by atoms with Crippen LogP contribution in [0.4, 0.5) is 0 Å². The predicted molar refractivity (Wildman–Crippen MR) is 94.3 cm³/mol. The topological polar surface area (TPSA) is 49.4 Å². The number of hydrogen-bond acceptors (Lipinski definition) is 6. The van der Waals surface area contributed by atoms with Crippen LogP contribution in [-0.4, -0.2) is 31.6 Å². The largest absolute Gasteiger partial charge is 0.454 e. The van der Waals surface area contributed by atoms with Gasteiger partial charge in [0.25, 0.3) is 0 Å². The summed E-state index contributed by atoms with van der Waals surface area (Å²) in [5.41, 5.74) is 4.89. The fourth-order valence-electron chi connectivity index (χ4n) is 5.86. The van der Waals surface area contributed by atoms with E-state index in [2.05, 4.69) is 37.1 Å². The molecule has 5 aliphatic heterocycles. The lowest BCUT2D eigenvalue weighted by Gasteiger charge is -2.62. The van der Waals surface area contributed by atoms with Gasteiger partial charge in [-0.05, 0) is 41.9 Å². The van der Waals surface area contributed by atoms with Crippen LogP contribution in [0.1, 0.15) is 41.4 Å². The number of rotatable bonds is 0. The van der Waals surface area contributed by atoms with Crippen molar-refractivity contribution < 1.29 is 23.7 Å². The Hall–Kier alpha value is -2.44. The van der Waals surface area contributed by atoms with Crippen LogP contribution >= 0.6 is 0 Å². The summed E-state index contributed by atoms with van der Waals surface area (Å²) in [4.78, 5) is 2.33. The summed E-state index contributed by atoms with van der Waals surface area (Å²) in [5.74, 6) is 3.35. The average Bonchev–Trinajstić information content (AvgIpc) is 3.30. The lowest BCUT2D eigenvalue weighted by atomic mass is 9.58. The molecule has 27 heavy (non-hydrogen) atoms. The highest BCUT2D eigenvalue weighted by molar-refractivity contribution is 5.61. The molecule has 2 aromatic carbocycles. The lowest BCUT2D eigenvalue weighted by molar-refractivity contribution is -0.220. The Balaban J connectivity index is 1.49. The Morgan fingerprint density at radius 2 is 1.78 bits per heavy atom. The molecule has 0 aromatic heterocycles. The Morgan fingerprint density at radius 3 is 2.67 bits per heavy atom. The molecule has 6 aliphatic rings. The molecule has 2 unspecified atom stereocenters. The quantitative estimate of drug-likeness (QED) is 0.715. The highest BCUT2D eigenvalue weighted by atomic mass is 16.7. The van der Waals surface area contributed by atoms with Crippen molar-refractivity contribution in [3.63, 3.8) is 0 Å². The van der Waals surface area contributed by atoms with E-state index in [1.54, 1.807) is 0 Å². The molecule has 1 fully saturated rings. The first-order chi connectivity index (χ1) is 13.2. The highest BCUT2D eigenvalue weighted by Gasteiger charge is 2.62. The van der Waals surface area contributed by atoms with Gasteiger partial charge in [0.15, 0.2) is 23.0 Å². The molecule has 4 atom stereocenters. The summed E-state index contributed by atoms with van der Waals surface area (Å²) in [6.07, 6.45) is 0.855. The van der Waals surface area contributed by atoms with E-state index in [1.807, 2.05) is 6.07 Å². The van der Waals surface area contributed by atoms with Gasteiger partial charge in [-0.2, -0.15) is 0 Å². The minimum absolute atomic E-state index is 0.115. The van der Waals surface area contributed by atoms with E-state index in [4.69, 9.17) is 23.7 Å². The standard InChI is InChI=1S/C21H19NO5/c1-21-12-3-4-13-18(26-9-23-13)17(12)20-22(2)19(21)11-7-15-14(24-8-25-15)5-10(11)6-16(21)27-20/h3-5,7,16,19-20H,6,8-9H2,1-2H3/t16?,19-,20?,21+/m1/s1. The Bertz CT molecular complexity index is 1020. The molecule has 0 spiro atoms. The summed E-state index contributed by atoms with van der Waals surface area (Å²) in [7, 11) is 2.14. The molecule has 2 aromatic rings. The Morgan fingerprint density at radius 1 is 1.00 bits per heavy atom. The van der Waals surface area contributed by atoms with Crippen molar-refractivity contribution in [1.82, 2.24) is 4.90 Å². The fraction of sp³-hybridized carbons (Fsp3) is 0.429. The molecule has 1 saturated heterocycles. The van der Waals surface area contributed by atoms with Gasteiger partial charge >= 0.3 is 0 Å². The number of fused-ring (bicyclic) bond motifs is 3. The summed E-state index contributed by atoms with van der Waals surface area (Å²) >= 11 is 0. The zero-order valence-corrected chi connectivity index (χ0v) is 15.2. The minimum atomic E-state index is -0.166. The first-order valence-electron chi connectivity index (χ1n) is 9.39. The maximum atomic E-state index is 6.62. The molecular weight excluding hydrogens is 346 g/mol. The van der Waals surface area contributed by atoms with E-state index in [0.717, 1.165) is 35.0 Å². The van der Waals surface area contributed by atoms with Crippen molar-refractivity contribution in [1.29, 1.82) is 0 Å².